The van der Waals surface area contributed by atoms with E-state index in [9.17, 15) is 9.90 Å². The number of aliphatic hydroxyl groups excluding tert-OH is 1. The van der Waals surface area contributed by atoms with Gasteiger partial charge in [0.05, 0.1) is 50.8 Å². The fraction of sp³-hybridized carbons (Fsp3) is 0.200. The number of benzene rings is 3. The Morgan fingerprint density at radius 3 is 2.32 bits per heavy atom. The molecular weight excluding hydrogens is 482 g/mol. The van der Waals surface area contributed by atoms with Gasteiger partial charge in [-0.3, -0.25) is 4.79 Å². The minimum atomic E-state index is -0.474. The van der Waals surface area contributed by atoms with Gasteiger partial charge in [0.15, 0.2) is 11.5 Å². The summed E-state index contributed by atoms with van der Waals surface area (Å²) in [5.74, 6) is 1.15. The molecule has 0 saturated carbocycles. The molecule has 0 spiro atoms. The number of aromatic amines is 1. The SMILES string of the molecule is COc1cc(-c2cc(C(=O)NC(CO)Cc3c[nH]c4ccccc34)c3ccccc3n2)cc(OC)c1OC. The normalized spacial score (nSPS) is 11.9. The largest absolute Gasteiger partial charge is 0.493 e. The van der Waals surface area contributed by atoms with Crippen LogP contribution in [-0.4, -0.2) is 55.0 Å². The summed E-state index contributed by atoms with van der Waals surface area (Å²) in [6.45, 7) is -0.200. The Kier molecular flexibility index (Phi) is 7.15. The number of hydrogen-bond donors (Lipinski definition) is 3. The van der Waals surface area contributed by atoms with Crippen molar-refractivity contribution in [3.63, 3.8) is 0 Å². The number of para-hydroxylation sites is 2. The first-order chi connectivity index (χ1) is 18.6. The van der Waals surface area contributed by atoms with E-state index in [0.717, 1.165) is 16.5 Å². The number of aliphatic hydroxyl groups is 1. The predicted octanol–water partition coefficient (Wildman–Crippen LogP) is 4.74. The Bertz CT molecular complexity index is 1590. The summed E-state index contributed by atoms with van der Waals surface area (Å²) >= 11 is 0. The summed E-state index contributed by atoms with van der Waals surface area (Å²) in [6.07, 6.45) is 2.40. The molecule has 8 heteroatoms. The summed E-state index contributed by atoms with van der Waals surface area (Å²) < 4.78 is 16.5. The lowest BCUT2D eigenvalue weighted by Crippen LogP contribution is -2.39. The standard InChI is InChI=1S/C30H29N3O5/c1-36-27-13-18(14-28(37-2)29(27)38-3)26-15-23(22-9-5-7-11-25(22)33-26)30(35)32-20(17-34)12-19-16-31-24-10-6-4-8-21(19)24/h4-11,13-16,20,31,34H,12,17H2,1-3H3,(H,32,35). The lowest BCUT2D eigenvalue weighted by atomic mass is 10.0. The van der Waals surface area contributed by atoms with E-state index in [-0.39, 0.29) is 12.5 Å². The van der Waals surface area contributed by atoms with Crippen molar-refractivity contribution in [2.45, 2.75) is 12.5 Å². The number of methoxy groups -OCH3 is 3. The molecule has 38 heavy (non-hydrogen) atoms. The second-order valence-electron chi connectivity index (χ2n) is 8.90. The van der Waals surface area contributed by atoms with Crippen molar-refractivity contribution in [1.29, 1.82) is 0 Å². The molecule has 0 aliphatic carbocycles. The van der Waals surface area contributed by atoms with Gasteiger partial charge in [0.25, 0.3) is 5.91 Å². The minimum Gasteiger partial charge on any atom is -0.493 e. The quantitative estimate of drug-likeness (QED) is 0.264. The Labute approximate surface area is 220 Å². The molecule has 5 aromatic rings. The van der Waals surface area contributed by atoms with Gasteiger partial charge in [0, 0.05) is 28.0 Å². The molecule has 1 atom stereocenters. The minimum absolute atomic E-state index is 0.200. The van der Waals surface area contributed by atoms with Crippen LogP contribution in [0.5, 0.6) is 17.2 Å². The molecule has 0 radical (unpaired) electrons. The lowest BCUT2D eigenvalue weighted by molar-refractivity contribution is 0.0918. The lowest BCUT2D eigenvalue weighted by Gasteiger charge is -2.18. The highest BCUT2D eigenvalue weighted by Crippen LogP contribution is 2.41. The zero-order valence-electron chi connectivity index (χ0n) is 21.4. The maximum Gasteiger partial charge on any atom is 0.252 e. The summed E-state index contributed by atoms with van der Waals surface area (Å²) in [5, 5.41) is 14.9. The molecule has 0 saturated heterocycles. The zero-order chi connectivity index (χ0) is 26.6. The van der Waals surface area contributed by atoms with E-state index in [1.165, 1.54) is 0 Å². The molecule has 194 valence electrons. The maximum atomic E-state index is 13.6. The Balaban J connectivity index is 1.51. The Morgan fingerprint density at radius 1 is 0.947 bits per heavy atom. The second kappa shape index (κ2) is 10.8. The highest BCUT2D eigenvalue weighted by molar-refractivity contribution is 6.07. The third-order valence-corrected chi connectivity index (χ3v) is 6.62. The van der Waals surface area contributed by atoms with E-state index < -0.39 is 6.04 Å². The fourth-order valence-corrected chi connectivity index (χ4v) is 4.73. The molecule has 1 unspecified atom stereocenters. The van der Waals surface area contributed by atoms with Crippen molar-refractivity contribution in [2.75, 3.05) is 27.9 Å². The number of rotatable bonds is 9. The summed E-state index contributed by atoms with van der Waals surface area (Å²) in [4.78, 5) is 21.7. The van der Waals surface area contributed by atoms with E-state index in [0.29, 0.717) is 51.4 Å². The van der Waals surface area contributed by atoms with E-state index in [1.807, 2.05) is 54.7 Å². The van der Waals surface area contributed by atoms with Gasteiger partial charge in [-0.05, 0) is 42.3 Å². The number of hydrogen-bond acceptors (Lipinski definition) is 6. The van der Waals surface area contributed by atoms with Crippen LogP contribution < -0.4 is 19.5 Å². The third-order valence-electron chi connectivity index (χ3n) is 6.62. The van der Waals surface area contributed by atoms with Crippen molar-refractivity contribution >= 4 is 27.7 Å². The number of H-pyrrole nitrogens is 1. The number of aromatic nitrogens is 2. The molecule has 0 bridgehead atoms. The van der Waals surface area contributed by atoms with Crippen LogP contribution in [-0.2, 0) is 6.42 Å². The van der Waals surface area contributed by atoms with Gasteiger partial charge in [0.1, 0.15) is 0 Å². The molecule has 2 aromatic heterocycles. The average molecular weight is 512 g/mol. The smallest absolute Gasteiger partial charge is 0.252 e. The number of carbonyl (C=O) groups excluding carboxylic acids is 1. The molecule has 1 amide bonds. The third kappa shape index (κ3) is 4.73. The second-order valence-corrected chi connectivity index (χ2v) is 8.90. The first kappa shape index (κ1) is 25.1. The van der Waals surface area contributed by atoms with Crippen LogP contribution in [0.2, 0.25) is 0 Å². The fourth-order valence-electron chi connectivity index (χ4n) is 4.73. The van der Waals surface area contributed by atoms with Crippen LogP contribution in [0.15, 0.2) is 72.9 Å². The van der Waals surface area contributed by atoms with Gasteiger partial charge in [0.2, 0.25) is 5.75 Å². The van der Waals surface area contributed by atoms with Crippen molar-refractivity contribution in [1.82, 2.24) is 15.3 Å². The topological polar surface area (TPSA) is 106 Å². The van der Waals surface area contributed by atoms with E-state index in [1.54, 1.807) is 39.5 Å². The summed E-state index contributed by atoms with van der Waals surface area (Å²) in [5.41, 5.74) is 4.44. The highest BCUT2D eigenvalue weighted by Gasteiger charge is 2.21. The van der Waals surface area contributed by atoms with Crippen molar-refractivity contribution < 1.29 is 24.1 Å². The molecule has 0 fully saturated rings. The number of nitrogens with zero attached hydrogens (tertiary/aromatic N) is 1. The monoisotopic (exact) mass is 511 g/mol. The molecule has 0 aliphatic rings. The van der Waals surface area contributed by atoms with Crippen LogP contribution in [0.25, 0.3) is 33.1 Å². The molecule has 3 aromatic carbocycles. The van der Waals surface area contributed by atoms with Crippen LogP contribution >= 0.6 is 0 Å². The molecular formula is C30H29N3O5. The van der Waals surface area contributed by atoms with Gasteiger partial charge in [-0.1, -0.05) is 36.4 Å². The van der Waals surface area contributed by atoms with Crippen LogP contribution in [0.3, 0.4) is 0 Å². The van der Waals surface area contributed by atoms with Crippen LogP contribution in [0.1, 0.15) is 15.9 Å². The highest BCUT2D eigenvalue weighted by atomic mass is 16.5. The molecule has 8 nitrogen and oxygen atoms in total. The Hall–Kier alpha value is -4.56. The zero-order valence-corrected chi connectivity index (χ0v) is 21.4. The van der Waals surface area contributed by atoms with Crippen molar-refractivity contribution in [2.24, 2.45) is 0 Å². The maximum absolute atomic E-state index is 13.6. The number of nitrogens with one attached hydrogen (secondary N) is 2. The summed E-state index contributed by atoms with van der Waals surface area (Å²) in [7, 11) is 4.65. The number of ether oxygens (including phenoxy) is 3. The number of pyridine rings is 1. The molecule has 0 aliphatic heterocycles. The van der Waals surface area contributed by atoms with Gasteiger partial charge in [-0.2, -0.15) is 0 Å². The summed E-state index contributed by atoms with van der Waals surface area (Å²) in [6, 6.07) is 20.3. The first-order valence-corrected chi connectivity index (χ1v) is 12.2. The van der Waals surface area contributed by atoms with Crippen LogP contribution in [0, 0.1) is 0 Å². The number of amides is 1. The van der Waals surface area contributed by atoms with E-state index >= 15 is 0 Å². The van der Waals surface area contributed by atoms with E-state index in [4.69, 9.17) is 19.2 Å². The van der Waals surface area contributed by atoms with Gasteiger partial charge in [-0.25, -0.2) is 4.98 Å². The van der Waals surface area contributed by atoms with Gasteiger partial charge in [-0.15, -0.1) is 0 Å². The first-order valence-electron chi connectivity index (χ1n) is 12.2. The van der Waals surface area contributed by atoms with Crippen LogP contribution in [0.4, 0.5) is 0 Å². The molecule has 3 N–H and O–H groups in total. The average Bonchev–Trinajstić information content (AvgIpc) is 3.37. The predicted molar refractivity (Wildman–Crippen MR) is 147 cm³/mol. The van der Waals surface area contributed by atoms with Gasteiger partial charge >= 0.3 is 0 Å². The van der Waals surface area contributed by atoms with Gasteiger partial charge < -0.3 is 29.6 Å². The number of carbonyl (C=O) groups is 1. The molecule has 5 rings (SSSR count). The number of fused-ring (bicyclic) bond motifs is 2. The molecule has 2 heterocycles. The van der Waals surface area contributed by atoms with Crippen molar-refractivity contribution in [3.05, 3.63) is 84.1 Å². The van der Waals surface area contributed by atoms with Crippen molar-refractivity contribution in [3.8, 4) is 28.5 Å². The Morgan fingerprint density at radius 2 is 1.63 bits per heavy atom. The van der Waals surface area contributed by atoms with E-state index in [2.05, 4.69) is 10.3 Å².